The lowest BCUT2D eigenvalue weighted by atomic mass is 10.2. The maximum atomic E-state index is 11.6. The Hall–Kier alpha value is -2.76. The van der Waals surface area contributed by atoms with Crippen LogP contribution in [0.1, 0.15) is 16.1 Å². The molecule has 0 fully saturated rings. The van der Waals surface area contributed by atoms with E-state index in [4.69, 9.17) is 14.3 Å². The zero-order valence-corrected chi connectivity index (χ0v) is 10.5. The summed E-state index contributed by atoms with van der Waals surface area (Å²) >= 11 is 0. The number of carbonyl (C=O) groups excluding carboxylic acids is 1. The van der Waals surface area contributed by atoms with Gasteiger partial charge in [0.05, 0.1) is 12.8 Å². The minimum absolute atomic E-state index is 0.0198. The van der Waals surface area contributed by atoms with E-state index in [-0.39, 0.29) is 30.4 Å². The molecule has 1 aromatic carbocycles. The molecule has 104 valence electrons. The summed E-state index contributed by atoms with van der Waals surface area (Å²) in [5, 5.41) is 11.6. The Balaban J connectivity index is 1.85. The van der Waals surface area contributed by atoms with E-state index in [0.717, 1.165) is 0 Å². The largest absolute Gasteiger partial charge is 0.483 e. The molecule has 0 saturated heterocycles. The van der Waals surface area contributed by atoms with Crippen LogP contribution in [0.15, 0.2) is 47.1 Å². The predicted molar refractivity (Wildman–Crippen MR) is 69.5 cm³/mol. The van der Waals surface area contributed by atoms with E-state index in [1.807, 2.05) is 0 Å². The van der Waals surface area contributed by atoms with Crippen molar-refractivity contribution in [1.29, 1.82) is 0 Å². The molecule has 0 aliphatic heterocycles. The molecule has 0 saturated carbocycles. The molecule has 2 aromatic rings. The van der Waals surface area contributed by atoms with E-state index >= 15 is 0 Å². The van der Waals surface area contributed by atoms with E-state index in [2.05, 4.69) is 5.32 Å². The molecule has 1 amide bonds. The standard InChI is InChI=1S/C14H13NO5/c16-13(15-8-10-4-3-7-19-10)9-20-12-6-2-1-5-11(12)14(17)18/h1-7H,8-9H2,(H,15,16)(H,17,18). The van der Waals surface area contributed by atoms with Crippen LogP contribution in [0.3, 0.4) is 0 Å². The average Bonchev–Trinajstić information content (AvgIpc) is 2.96. The highest BCUT2D eigenvalue weighted by Crippen LogP contribution is 2.17. The molecule has 1 aromatic heterocycles. The maximum Gasteiger partial charge on any atom is 0.339 e. The molecular formula is C14H13NO5. The van der Waals surface area contributed by atoms with Gasteiger partial charge in [0, 0.05) is 0 Å². The van der Waals surface area contributed by atoms with Gasteiger partial charge in [0.1, 0.15) is 17.1 Å². The molecule has 1 heterocycles. The molecule has 0 radical (unpaired) electrons. The number of furan rings is 1. The smallest absolute Gasteiger partial charge is 0.339 e. The first-order chi connectivity index (χ1) is 9.66. The van der Waals surface area contributed by atoms with Crippen LogP contribution in [0.4, 0.5) is 0 Å². The number of rotatable bonds is 6. The Morgan fingerprint density at radius 1 is 1.20 bits per heavy atom. The number of carboxylic acid groups (broad SMARTS) is 1. The van der Waals surface area contributed by atoms with Crippen LogP contribution in [0.25, 0.3) is 0 Å². The van der Waals surface area contributed by atoms with Crippen molar-refractivity contribution in [2.75, 3.05) is 6.61 Å². The highest BCUT2D eigenvalue weighted by Gasteiger charge is 2.11. The fourth-order valence-electron chi connectivity index (χ4n) is 1.56. The molecule has 20 heavy (non-hydrogen) atoms. The second kappa shape index (κ2) is 6.42. The van der Waals surface area contributed by atoms with Crippen LogP contribution in [0.2, 0.25) is 0 Å². The van der Waals surface area contributed by atoms with Crippen molar-refractivity contribution in [2.24, 2.45) is 0 Å². The fourth-order valence-corrected chi connectivity index (χ4v) is 1.56. The number of aromatic carboxylic acids is 1. The van der Waals surface area contributed by atoms with E-state index in [9.17, 15) is 9.59 Å². The van der Waals surface area contributed by atoms with Gasteiger partial charge in [0.15, 0.2) is 6.61 Å². The summed E-state index contributed by atoms with van der Waals surface area (Å²) in [6.07, 6.45) is 1.51. The lowest BCUT2D eigenvalue weighted by Crippen LogP contribution is -2.28. The monoisotopic (exact) mass is 275 g/mol. The van der Waals surface area contributed by atoms with Crippen molar-refractivity contribution in [2.45, 2.75) is 6.54 Å². The Morgan fingerprint density at radius 2 is 2.00 bits per heavy atom. The third-order valence-corrected chi connectivity index (χ3v) is 2.52. The lowest BCUT2D eigenvalue weighted by Gasteiger charge is -2.08. The van der Waals surface area contributed by atoms with Crippen molar-refractivity contribution >= 4 is 11.9 Å². The zero-order valence-electron chi connectivity index (χ0n) is 10.5. The SMILES string of the molecule is O=C(COc1ccccc1C(=O)O)NCc1ccco1. The maximum absolute atomic E-state index is 11.6. The number of carboxylic acids is 1. The van der Waals surface area contributed by atoms with Crippen LogP contribution in [0, 0.1) is 0 Å². The van der Waals surface area contributed by atoms with Gasteiger partial charge >= 0.3 is 5.97 Å². The first-order valence-corrected chi connectivity index (χ1v) is 5.91. The summed E-state index contributed by atoms with van der Waals surface area (Å²) in [7, 11) is 0. The van der Waals surface area contributed by atoms with Crippen molar-refractivity contribution in [1.82, 2.24) is 5.32 Å². The molecule has 2 rings (SSSR count). The van der Waals surface area contributed by atoms with E-state index in [1.165, 1.54) is 18.4 Å². The third-order valence-electron chi connectivity index (χ3n) is 2.52. The number of carbonyl (C=O) groups is 2. The number of benzene rings is 1. The predicted octanol–water partition coefficient (Wildman–Crippen LogP) is 1.67. The second-order valence-electron chi connectivity index (χ2n) is 3.95. The fraction of sp³-hybridized carbons (Fsp3) is 0.143. The van der Waals surface area contributed by atoms with Gasteiger partial charge in [-0.2, -0.15) is 0 Å². The Kier molecular flexibility index (Phi) is 4.39. The molecule has 2 N–H and O–H groups in total. The molecule has 0 atom stereocenters. The topological polar surface area (TPSA) is 88.8 Å². The summed E-state index contributed by atoms with van der Waals surface area (Å²) in [5.41, 5.74) is 0.0198. The molecule has 6 nitrogen and oxygen atoms in total. The Bertz CT molecular complexity index is 591. The molecular weight excluding hydrogens is 262 g/mol. The zero-order chi connectivity index (χ0) is 14.4. The first kappa shape index (κ1) is 13.7. The summed E-state index contributed by atoms with van der Waals surface area (Å²) in [6, 6.07) is 9.61. The summed E-state index contributed by atoms with van der Waals surface area (Å²) < 4.78 is 10.3. The van der Waals surface area contributed by atoms with Gasteiger partial charge < -0.3 is 19.6 Å². The van der Waals surface area contributed by atoms with Gasteiger partial charge in [-0.15, -0.1) is 0 Å². The van der Waals surface area contributed by atoms with Crippen molar-refractivity contribution in [3.63, 3.8) is 0 Å². The summed E-state index contributed by atoms with van der Waals surface area (Å²) in [5.74, 6) is -0.671. The van der Waals surface area contributed by atoms with Crippen LogP contribution in [-0.4, -0.2) is 23.6 Å². The van der Waals surface area contributed by atoms with Crippen LogP contribution in [-0.2, 0) is 11.3 Å². The molecule has 6 heteroatoms. The van der Waals surface area contributed by atoms with Crippen LogP contribution >= 0.6 is 0 Å². The summed E-state index contributed by atoms with van der Waals surface area (Å²) in [4.78, 5) is 22.5. The van der Waals surface area contributed by atoms with Crippen LogP contribution in [0.5, 0.6) is 5.75 Å². The molecule has 0 spiro atoms. The lowest BCUT2D eigenvalue weighted by molar-refractivity contribution is -0.123. The number of hydrogen-bond acceptors (Lipinski definition) is 4. The Labute approximate surface area is 115 Å². The quantitative estimate of drug-likeness (QED) is 0.837. The van der Waals surface area contributed by atoms with Crippen molar-refractivity contribution < 1.29 is 23.8 Å². The number of nitrogens with one attached hydrogen (secondary N) is 1. The number of amides is 1. The van der Waals surface area contributed by atoms with Gasteiger partial charge in [0.25, 0.3) is 5.91 Å². The Morgan fingerprint density at radius 3 is 2.70 bits per heavy atom. The number of para-hydroxylation sites is 1. The van der Waals surface area contributed by atoms with Gasteiger partial charge in [-0.05, 0) is 24.3 Å². The average molecular weight is 275 g/mol. The molecule has 0 unspecified atom stereocenters. The van der Waals surface area contributed by atoms with E-state index in [0.29, 0.717) is 5.76 Å². The third kappa shape index (κ3) is 3.61. The number of hydrogen-bond donors (Lipinski definition) is 2. The van der Waals surface area contributed by atoms with E-state index in [1.54, 1.807) is 24.3 Å². The summed E-state index contributed by atoms with van der Waals surface area (Å²) in [6.45, 7) is 0.000766. The second-order valence-corrected chi connectivity index (χ2v) is 3.95. The van der Waals surface area contributed by atoms with E-state index < -0.39 is 5.97 Å². The molecule has 0 aliphatic rings. The van der Waals surface area contributed by atoms with Crippen LogP contribution < -0.4 is 10.1 Å². The normalized spacial score (nSPS) is 10.0. The van der Waals surface area contributed by atoms with Crippen molar-refractivity contribution in [3.8, 4) is 5.75 Å². The van der Waals surface area contributed by atoms with Gasteiger partial charge in [-0.3, -0.25) is 4.79 Å². The number of ether oxygens (including phenoxy) is 1. The minimum Gasteiger partial charge on any atom is -0.483 e. The molecule has 0 bridgehead atoms. The van der Waals surface area contributed by atoms with Crippen molar-refractivity contribution in [3.05, 3.63) is 54.0 Å². The van der Waals surface area contributed by atoms with Gasteiger partial charge in [0.2, 0.25) is 0 Å². The molecule has 0 aliphatic carbocycles. The van der Waals surface area contributed by atoms with Gasteiger partial charge in [-0.1, -0.05) is 12.1 Å². The van der Waals surface area contributed by atoms with Gasteiger partial charge in [-0.25, -0.2) is 4.79 Å². The first-order valence-electron chi connectivity index (χ1n) is 5.91. The minimum atomic E-state index is -1.10. The highest BCUT2D eigenvalue weighted by atomic mass is 16.5. The highest BCUT2D eigenvalue weighted by molar-refractivity contribution is 5.91.